The Kier molecular flexibility index (Phi) is 4.88. The second-order valence-electron chi connectivity index (χ2n) is 3.50. The predicted molar refractivity (Wildman–Crippen MR) is 62.4 cm³/mol. The lowest BCUT2D eigenvalue weighted by Gasteiger charge is -2.18. The van der Waals surface area contributed by atoms with Gasteiger partial charge in [0.1, 0.15) is 0 Å². The number of hydrogen-bond donors (Lipinski definition) is 3. The first-order valence-electron chi connectivity index (χ1n) is 4.91. The summed E-state index contributed by atoms with van der Waals surface area (Å²) in [5.74, 6) is 0. The highest BCUT2D eigenvalue weighted by atomic mass is 35.5. The molecule has 1 atom stereocenters. The van der Waals surface area contributed by atoms with Gasteiger partial charge in [0.15, 0.2) is 0 Å². The summed E-state index contributed by atoms with van der Waals surface area (Å²) in [5.41, 5.74) is 1.96. The van der Waals surface area contributed by atoms with Gasteiger partial charge in [-0.1, -0.05) is 11.6 Å². The van der Waals surface area contributed by atoms with Crippen LogP contribution in [-0.2, 0) is 0 Å². The monoisotopic (exact) mass is 229 g/mol. The van der Waals surface area contributed by atoms with E-state index in [2.05, 4.69) is 5.32 Å². The second kappa shape index (κ2) is 5.95. The Hall–Kier alpha value is -0.770. The van der Waals surface area contributed by atoms with Crippen molar-refractivity contribution in [2.45, 2.75) is 19.4 Å². The minimum Gasteiger partial charge on any atom is -0.396 e. The third-order valence-electron chi connectivity index (χ3n) is 2.25. The second-order valence-corrected chi connectivity index (χ2v) is 3.93. The van der Waals surface area contributed by atoms with Crippen LogP contribution in [0, 0.1) is 6.92 Å². The summed E-state index contributed by atoms with van der Waals surface area (Å²) in [7, 11) is 0. The molecule has 0 aliphatic rings. The number of hydrogen-bond acceptors (Lipinski definition) is 3. The van der Waals surface area contributed by atoms with Crippen LogP contribution in [0.1, 0.15) is 12.0 Å². The van der Waals surface area contributed by atoms with Crippen LogP contribution in [0.3, 0.4) is 0 Å². The molecule has 0 aliphatic heterocycles. The molecule has 1 aromatic carbocycles. The molecule has 15 heavy (non-hydrogen) atoms. The molecule has 0 fully saturated rings. The number of rotatable bonds is 5. The van der Waals surface area contributed by atoms with Crippen LogP contribution in [0.15, 0.2) is 18.2 Å². The average Bonchev–Trinajstić information content (AvgIpc) is 2.21. The van der Waals surface area contributed by atoms with E-state index >= 15 is 0 Å². The third-order valence-corrected chi connectivity index (χ3v) is 2.48. The molecule has 0 heterocycles. The predicted octanol–water partition coefficient (Wildman–Crippen LogP) is 1.80. The van der Waals surface area contributed by atoms with Crippen LogP contribution in [0.2, 0.25) is 5.02 Å². The van der Waals surface area contributed by atoms with E-state index in [0.717, 1.165) is 11.3 Å². The van der Waals surface area contributed by atoms with Gasteiger partial charge in [0, 0.05) is 17.3 Å². The van der Waals surface area contributed by atoms with Crippen molar-refractivity contribution in [1.82, 2.24) is 0 Å². The summed E-state index contributed by atoms with van der Waals surface area (Å²) in [5, 5.41) is 21.7. The summed E-state index contributed by atoms with van der Waals surface area (Å²) in [6.07, 6.45) is 0.526. The van der Waals surface area contributed by atoms with Gasteiger partial charge in [0.2, 0.25) is 0 Å². The molecule has 4 heteroatoms. The number of nitrogens with one attached hydrogen (secondary N) is 1. The van der Waals surface area contributed by atoms with E-state index in [1.165, 1.54) is 0 Å². The minimum atomic E-state index is -0.116. The van der Waals surface area contributed by atoms with Gasteiger partial charge in [-0.15, -0.1) is 0 Å². The van der Waals surface area contributed by atoms with Gasteiger partial charge in [0.25, 0.3) is 0 Å². The highest BCUT2D eigenvalue weighted by molar-refractivity contribution is 6.30. The highest BCUT2D eigenvalue weighted by Crippen LogP contribution is 2.20. The third kappa shape index (κ3) is 3.70. The molecule has 1 unspecified atom stereocenters. The van der Waals surface area contributed by atoms with Gasteiger partial charge in [0.05, 0.1) is 12.6 Å². The Morgan fingerprint density at radius 3 is 2.67 bits per heavy atom. The largest absolute Gasteiger partial charge is 0.396 e. The van der Waals surface area contributed by atoms with E-state index in [4.69, 9.17) is 21.8 Å². The SMILES string of the molecule is Cc1cc(Cl)ccc1NC(CO)CCO. The minimum absolute atomic E-state index is 0.00261. The fourth-order valence-electron chi connectivity index (χ4n) is 1.37. The molecule has 1 rings (SSSR count). The molecule has 84 valence electrons. The van der Waals surface area contributed by atoms with Gasteiger partial charge >= 0.3 is 0 Å². The van der Waals surface area contributed by atoms with Crippen molar-refractivity contribution in [1.29, 1.82) is 0 Å². The first-order chi connectivity index (χ1) is 7.17. The van der Waals surface area contributed by atoms with E-state index in [0.29, 0.717) is 11.4 Å². The lowest BCUT2D eigenvalue weighted by Crippen LogP contribution is -2.25. The Bertz CT molecular complexity index is 317. The number of aliphatic hydroxyl groups excluding tert-OH is 2. The normalized spacial score (nSPS) is 12.5. The smallest absolute Gasteiger partial charge is 0.0633 e. The Labute approximate surface area is 94.7 Å². The number of halogens is 1. The summed E-state index contributed by atoms with van der Waals surface area (Å²) < 4.78 is 0. The van der Waals surface area contributed by atoms with Crippen LogP contribution in [-0.4, -0.2) is 29.5 Å². The van der Waals surface area contributed by atoms with Crippen LogP contribution >= 0.6 is 11.6 Å². The average molecular weight is 230 g/mol. The zero-order valence-corrected chi connectivity index (χ0v) is 9.46. The van der Waals surface area contributed by atoms with Gasteiger partial charge in [-0.3, -0.25) is 0 Å². The lowest BCUT2D eigenvalue weighted by molar-refractivity contribution is 0.229. The maximum Gasteiger partial charge on any atom is 0.0633 e. The standard InChI is InChI=1S/C11H16ClNO2/c1-8-6-9(12)2-3-11(8)13-10(7-15)4-5-14/h2-3,6,10,13-15H,4-5,7H2,1H3. The van der Waals surface area contributed by atoms with Crippen molar-refractivity contribution in [2.75, 3.05) is 18.5 Å². The molecule has 1 aromatic rings. The highest BCUT2D eigenvalue weighted by Gasteiger charge is 2.07. The summed E-state index contributed by atoms with van der Waals surface area (Å²) in [6.45, 7) is 2.01. The van der Waals surface area contributed by atoms with E-state index in [1.807, 2.05) is 19.1 Å². The molecule has 0 radical (unpaired) electrons. The lowest BCUT2D eigenvalue weighted by atomic mass is 10.1. The molecule has 0 aliphatic carbocycles. The fourth-order valence-corrected chi connectivity index (χ4v) is 1.60. The van der Waals surface area contributed by atoms with Crippen LogP contribution < -0.4 is 5.32 Å². The molecule has 3 N–H and O–H groups in total. The summed E-state index contributed by atoms with van der Waals surface area (Å²) in [4.78, 5) is 0. The molecular formula is C11H16ClNO2. The van der Waals surface area contributed by atoms with E-state index in [9.17, 15) is 0 Å². The van der Waals surface area contributed by atoms with Gasteiger partial charge in [-0.2, -0.15) is 0 Å². The number of aliphatic hydroxyl groups is 2. The maximum absolute atomic E-state index is 9.06. The van der Waals surface area contributed by atoms with Crippen molar-refractivity contribution in [2.24, 2.45) is 0 Å². The summed E-state index contributed by atoms with van der Waals surface area (Å²) >= 11 is 5.83. The number of anilines is 1. The van der Waals surface area contributed by atoms with Gasteiger partial charge in [-0.25, -0.2) is 0 Å². The van der Waals surface area contributed by atoms with Crippen molar-refractivity contribution < 1.29 is 10.2 Å². The topological polar surface area (TPSA) is 52.5 Å². The molecule has 0 saturated carbocycles. The first kappa shape index (κ1) is 12.3. The van der Waals surface area contributed by atoms with Crippen molar-refractivity contribution in [3.8, 4) is 0 Å². The van der Waals surface area contributed by atoms with Crippen LogP contribution in [0.5, 0.6) is 0 Å². The summed E-state index contributed by atoms with van der Waals surface area (Å²) in [6, 6.07) is 5.41. The Morgan fingerprint density at radius 1 is 1.40 bits per heavy atom. The van der Waals surface area contributed by atoms with E-state index in [-0.39, 0.29) is 19.3 Å². The molecule has 0 saturated heterocycles. The first-order valence-corrected chi connectivity index (χ1v) is 5.29. The van der Waals surface area contributed by atoms with E-state index < -0.39 is 0 Å². The molecule has 0 spiro atoms. The van der Waals surface area contributed by atoms with Crippen LogP contribution in [0.4, 0.5) is 5.69 Å². The van der Waals surface area contributed by atoms with Gasteiger partial charge < -0.3 is 15.5 Å². The number of benzene rings is 1. The maximum atomic E-state index is 9.06. The number of aryl methyl sites for hydroxylation is 1. The fraction of sp³-hybridized carbons (Fsp3) is 0.455. The van der Waals surface area contributed by atoms with Crippen molar-refractivity contribution in [3.05, 3.63) is 28.8 Å². The molecule has 3 nitrogen and oxygen atoms in total. The van der Waals surface area contributed by atoms with E-state index in [1.54, 1.807) is 6.07 Å². The van der Waals surface area contributed by atoms with Gasteiger partial charge in [-0.05, 0) is 37.1 Å². The Morgan fingerprint density at radius 2 is 2.13 bits per heavy atom. The van der Waals surface area contributed by atoms with Crippen molar-refractivity contribution >= 4 is 17.3 Å². The van der Waals surface area contributed by atoms with Crippen molar-refractivity contribution in [3.63, 3.8) is 0 Å². The zero-order chi connectivity index (χ0) is 11.3. The quantitative estimate of drug-likeness (QED) is 0.722. The zero-order valence-electron chi connectivity index (χ0n) is 8.70. The van der Waals surface area contributed by atoms with Crippen LogP contribution in [0.25, 0.3) is 0 Å². The Balaban J connectivity index is 2.70. The molecule has 0 aromatic heterocycles. The molecule has 0 amide bonds. The molecular weight excluding hydrogens is 214 g/mol. The molecule has 0 bridgehead atoms.